The summed E-state index contributed by atoms with van der Waals surface area (Å²) in [4.78, 5) is 72.2. The molecule has 14 heteroatoms. The monoisotopic (exact) mass is 538 g/mol. The smallest absolute Gasteiger partial charge is 0.326 e. The van der Waals surface area contributed by atoms with Gasteiger partial charge in [0.1, 0.15) is 23.9 Å². The fraction of sp³-hybridized carbons (Fsp3) is 0.500. The third kappa shape index (κ3) is 10.8. The lowest BCUT2D eigenvalue weighted by molar-refractivity contribution is -0.147. The molecule has 5 unspecified atom stereocenters. The number of carbonyl (C=O) groups excluding carboxylic acids is 3. The van der Waals surface area contributed by atoms with E-state index in [1.807, 2.05) is 6.92 Å². The van der Waals surface area contributed by atoms with Crippen molar-refractivity contribution in [3.63, 3.8) is 0 Å². The molecule has 0 saturated heterocycles. The molecule has 1 aromatic rings. The van der Waals surface area contributed by atoms with Crippen LogP contribution in [0.25, 0.3) is 0 Å². The maximum absolute atomic E-state index is 13.1. The third-order valence-electron chi connectivity index (χ3n) is 5.84. The Bertz CT molecular complexity index is 1010. The number of hydrogen-bond acceptors (Lipinski definition) is 8. The predicted octanol–water partition coefficient (Wildman–Crippen LogP) is -0.813. The highest BCUT2D eigenvalue weighted by atomic mass is 16.4. The van der Waals surface area contributed by atoms with Crippen LogP contribution in [0.3, 0.4) is 0 Å². The molecule has 0 aliphatic carbocycles. The van der Waals surface area contributed by atoms with Crippen molar-refractivity contribution in [3.05, 3.63) is 29.8 Å². The number of benzene rings is 1. The summed E-state index contributed by atoms with van der Waals surface area (Å²) >= 11 is 0. The van der Waals surface area contributed by atoms with E-state index in [9.17, 15) is 39.0 Å². The highest BCUT2D eigenvalue weighted by molar-refractivity contribution is 5.95. The normalized spacial score (nSPS) is 14.7. The van der Waals surface area contributed by atoms with E-state index in [0.29, 0.717) is 12.0 Å². The van der Waals surface area contributed by atoms with E-state index in [4.69, 9.17) is 15.9 Å². The van der Waals surface area contributed by atoms with Crippen molar-refractivity contribution in [2.24, 2.45) is 11.7 Å². The van der Waals surface area contributed by atoms with Crippen LogP contribution in [-0.2, 0) is 35.2 Å². The second-order valence-corrected chi connectivity index (χ2v) is 8.83. The molecule has 9 N–H and O–H groups in total. The molecule has 0 radical (unpaired) electrons. The lowest BCUT2D eigenvalue weighted by Crippen LogP contribution is -2.58. The van der Waals surface area contributed by atoms with E-state index in [1.54, 1.807) is 6.92 Å². The largest absolute Gasteiger partial charge is 0.508 e. The van der Waals surface area contributed by atoms with Crippen LogP contribution >= 0.6 is 0 Å². The molecule has 3 amide bonds. The Balaban J connectivity index is 3.21. The summed E-state index contributed by atoms with van der Waals surface area (Å²) in [7, 11) is 0. The van der Waals surface area contributed by atoms with Gasteiger partial charge in [-0.15, -0.1) is 0 Å². The van der Waals surface area contributed by atoms with Gasteiger partial charge in [0.2, 0.25) is 17.7 Å². The number of nitrogens with two attached hydrogens (primary N) is 1. The molecule has 38 heavy (non-hydrogen) atoms. The summed E-state index contributed by atoms with van der Waals surface area (Å²) in [6, 6.07) is -0.0801. The number of carboxylic acid groups (broad SMARTS) is 3. The minimum absolute atomic E-state index is 0.0692. The fourth-order valence-corrected chi connectivity index (χ4v) is 3.31. The predicted molar refractivity (Wildman–Crippen MR) is 132 cm³/mol. The number of aliphatic carboxylic acids is 3. The van der Waals surface area contributed by atoms with Crippen molar-refractivity contribution < 1.29 is 49.2 Å². The molecule has 0 saturated carbocycles. The lowest BCUT2D eigenvalue weighted by Gasteiger charge is -2.26. The van der Waals surface area contributed by atoms with Crippen LogP contribution in [0.15, 0.2) is 24.3 Å². The molecule has 210 valence electrons. The van der Waals surface area contributed by atoms with Gasteiger partial charge in [0, 0.05) is 12.8 Å². The summed E-state index contributed by atoms with van der Waals surface area (Å²) in [5.74, 6) is -7.29. The number of amides is 3. The van der Waals surface area contributed by atoms with Gasteiger partial charge in [-0.1, -0.05) is 32.4 Å². The molecule has 14 nitrogen and oxygen atoms in total. The summed E-state index contributed by atoms with van der Waals surface area (Å²) in [5, 5.41) is 43.7. The zero-order valence-electron chi connectivity index (χ0n) is 21.0. The van der Waals surface area contributed by atoms with Gasteiger partial charge >= 0.3 is 17.9 Å². The average Bonchev–Trinajstić information content (AvgIpc) is 2.85. The number of rotatable bonds is 16. The number of carboxylic acids is 3. The standard InChI is InChI=1S/C24H34N4O10/c1-3-12(2)20(25)23(36)26-15(8-9-18(30)31)21(34)27-16(10-13-4-6-14(29)7-5-13)22(35)28-17(24(37)38)11-19(32)33/h4-7,12,15-17,20,29H,3,8-11,25H2,1-2H3,(H,26,36)(H,27,34)(H,28,35)(H,30,31)(H,32,33)(H,37,38). The van der Waals surface area contributed by atoms with E-state index in [-0.39, 0.29) is 24.5 Å². The number of hydrogen-bond donors (Lipinski definition) is 8. The topological polar surface area (TPSA) is 245 Å². The van der Waals surface area contributed by atoms with Crippen molar-refractivity contribution in [1.82, 2.24) is 16.0 Å². The Hall–Kier alpha value is -4.20. The SMILES string of the molecule is CCC(C)C(N)C(=O)NC(CCC(=O)O)C(=O)NC(Cc1ccc(O)cc1)C(=O)NC(CC(=O)O)C(=O)O. The third-order valence-corrected chi connectivity index (χ3v) is 5.84. The highest BCUT2D eigenvalue weighted by Gasteiger charge is 2.32. The van der Waals surface area contributed by atoms with Gasteiger partial charge in [-0.3, -0.25) is 24.0 Å². The zero-order valence-corrected chi connectivity index (χ0v) is 21.0. The number of nitrogens with one attached hydrogen (secondary N) is 3. The second kappa shape index (κ2) is 15.1. The van der Waals surface area contributed by atoms with Gasteiger partial charge in [-0.25, -0.2) is 4.79 Å². The number of aromatic hydroxyl groups is 1. The van der Waals surface area contributed by atoms with E-state index < -0.39 is 72.6 Å². The van der Waals surface area contributed by atoms with Gasteiger partial charge in [-0.05, 0) is 30.0 Å². The highest BCUT2D eigenvalue weighted by Crippen LogP contribution is 2.13. The molecular formula is C24H34N4O10. The first-order valence-electron chi connectivity index (χ1n) is 11.9. The van der Waals surface area contributed by atoms with Crippen LogP contribution in [0.1, 0.15) is 45.1 Å². The van der Waals surface area contributed by atoms with E-state index in [1.165, 1.54) is 24.3 Å². The molecule has 0 heterocycles. The number of carbonyl (C=O) groups is 6. The summed E-state index contributed by atoms with van der Waals surface area (Å²) in [6.45, 7) is 3.54. The number of phenols is 1. The minimum Gasteiger partial charge on any atom is -0.508 e. The quantitative estimate of drug-likeness (QED) is 0.129. The van der Waals surface area contributed by atoms with E-state index in [0.717, 1.165) is 0 Å². The first-order chi connectivity index (χ1) is 17.7. The van der Waals surface area contributed by atoms with Crippen molar-refractivity contribution >= 4 is 35.6 Å². The summed E-state index contributed by atoms with van der Waals surface area (Å²) in [5.41, 5.74) is 6.36. The second-order valence-electron chi connectivity index (χ2n) is 8.83. The lowest BCUT2D eigenvalue weighted by atomic mass is 9.98. The molecule has 0 bridgehead atoms. The molecule has 0 aliphatic heterocycles. The van der Waals surface area contributed by atoms with Crippen LogP contribution in [0.4, 0.5) is 0 Å². The molecular weight excluding hydrogens is 504 g/mol. The molecule has 5 atom stereocenters. The molecule has 0 fully saturated rings. The zero-order chi connectivity index (χ0) is 29.0. The molecule has 1 rings (SSSR count). The first kappa shape index (κ1) is 31.8. The summed E-state index contributed by atoms with van der Waals surface area (Å²) < 4.78 is 0. The molecule has 1 aromatic carbocycles. The van der Waals surface area contributed by atoms with Crippen LogP contribution in [0.2, 0.25) is 0 Å². The van der Waals surface area contributed by atoms with Crippen molar-refractivity contribution in [3.8, 4) is 5.75 Å². The molecule has 0 aliphatic rings. The van der Waals surface area contributed by atoms with Crippen molar-refractivity contribution in [2.45, 2.75) is 70.1 Å². The molecule has 0 spiro atoms. The van der Waals surface area contributed by atoms with Crippen LogP contribution in [-0.4, -0.2) is 80.2 Å². The van der Waals surface area contributed by atoms with E-state index in [2.05, 4.69) is 16.0 Å². The van der Waals surface area contributed by atoms with Crippen LogP contribution in [0.5, 0.6) is 5.75 Å². The summed E-state index contributed by atoms with van der Waals surface area (Å²) in [6.07, 6.45) is -1.39. The van der Waals surface area contributed by atoms with Gasteiger partial charge in [0.05, 0.1) is 12.5 Å². The van der Waals surface area contributed by atoms with Gasteiger partial charge in [0.15, 0.2) is 0 Å². The minimum atomic E-state index is -1.80. The first-order valence-corrected chi connectivity index (χ1v) is 11.9. The van der Waals surface area contributed by atoms with Crippen molar-refractivity contribution in [1.29, 1.82) is 0 Å². The van der Waals surface area contributed by atoms with Crippen molar-refractivity contribution in [2.75, 3.05) is 0 Å². The maximum atomic E-state index is 13.1. The molecule has 0 aromatic heterocycles. The van der Waals surface area contributed by atoms with Crippen LogP contribution in [0, 0.1) is 5.92 Å². The Labute approximate surface area is 218 Å². The Kier molecular flexibility index (Phi) is 12.7. The fourth-order valence-electron chi connectivity index (χ4n) is 3.31. The maximum Gasteiger partial charge on any atom is 0.326 e. The van der Waals surface area contributed by atoms with Gasteiger partial charge in [-0.2, -0.15) is 0 Å². The number of phenolic OH excluding ortho intramolecular Hbond substituents is 1. The Morgan fingerprint density at radius 3 is 1.84 bits per heavy atom. The average molecular weight is 539 g/mol. The Morgan fingerprint density at radius 1 is 0.816 bits per heavy atom. The van der Waals surface area contributed by atoms with Crippen LogP contribution < -0.4 is 21.7 Å². The van der Waals surface area contributed by atoms with Gasteiger partial charge in [0.25, 0.3) is 0 Å². The Morgan fingerprint density at radius 2 is 1.34 bits per heavy atom. The van der Waals surface area contributed by atoms with E-state index >= 15 is 0 Å². The van der Waals surface area contributed by atoms with Gasteiger partial charge < -0.3 is 42.1 Å².